The van der Waals surface area contributed by atoms with Gasteiger partial charge in [0.05, 0.1) is 19.8 Å². The van der Waals surface area contributed by atoms with E-state index >= 15 is 0 Å². The van der Waals surface area contributed by atoms with E-state index in [0.29, 0.717) is 25.7 Å². The van der Waals surface area contributed by atoms with Crippen LogP contribution in [-0.2, 0) is 4.74 Å². The molecular formula is C13H22N4O2. The Morgan fingerprint density at radius 2 is 2.00 bits per heavy atom. The van der Waals surface area contributed by atoms with Crippen molar-refractivity contribution in [3.05, 3.63) is 11.9 Å². The highest BCUT2D eigenvalue weighted by Crippen LogP contribution is 2.38. The molecule has 0 spiro atoms. The van der Waals surface area contributed by atoms with Gasteiger partial charge in [0.2, 0.25) is 0 Å². The number of anilines is 2. The van der Waals surface area contributed by atoms with Crippen LogP contribution in [0.4, 0.5) is 11.6 Å². The first kappa shape index (κ1) is 14.0. The number of rotatable bonds is 9. The highest BCUT2D eigenvalue weighted by molar-refractivity contribution is 5.48. The fourth-order valence-electron chi connectivity index (χ4n) is 1.77. The number of nitrogens with zero attached hydrogens (tertiary/aromatic N) is 2. The predicted molar refractivity (Wildman–Crippen MR) is 74.6 cm³/mol. The Morgan fingerprint density at radius 1 is 1.26 bits per heavy atom. The van der Waals surface area contributed by atoms with Crippen LogP contribution < -0.4 is 10.6 Å². The summed E-state index contributed by atoms with van der Waals surface area (Å²) in [5.74, 6) is 3.17. The molecule has 0 bridgehead atoms. The first-order valence-corrected chi connectivity index (χ1v) is 6.88. The Kier molecular flexibility index (Phi) is 5.35. The second-order valence-corrected chi connectivity index (χ2v) is 4.56. The van der Waals surface area contributed by atoms with Crippen molar-refractivity contribution in [2.45, 2.75) is 25.7 Å². The van der Waals surface area contributed by atoms with Gasteiger partial charge in [-0.1, -0.05) is 0 Å². The maximum absolute atomic E-state index is 8.61. The third-order valence-electron chi connectivity index (χ3n) is 2.83. The maximum Gasteiger partial charge on any atom is 0.136 e. The smallest absolute Gasteiger partial charge is 0.136 e. The molecule has 0 radical (unpaired) electrons. The summed E-state index contributed by atoms with van der Waals surface area (Å²) in [6.45, 7) is 4.56. The van der Waals surface area contributed by atoms with Crippen LogP contribution in [0.25, 0.3) is 0 Å². The van der Waals surface area contributed by atoms with Gasteiger partial charge >= 0.3 is 0 Å². The van der Waals surface area contributed by atoms with Gasteiger partial charge in [0, 0.05) is 25.1 Å². The molecule has 106 valence electrons. The molecule has 0 aromatic carbocycles. The third kappa shape index (κ3) is 4.65. The van der Waals surface area contributed by atoms with Crippen molar-refractivity contribution in [1.29, 1.82) is 0 Å². The largest absolute Gasteiger partial charge is 0.394 e. The van der Waals surface area contributed by atoms with E-state index in [9.17, 15) is 0 Å². The normalized spacial score (nSPS) is 14.4. The van der Waals surface area contributed by atoms with Crippen LogP contribution in [0, 0.1) is 0 Å². The summed E-state index contributed by atoms with van der Waals surface area (Å²) in [5, 5.41) is 15.1. The molecule has 1 aromatic rings. The molecule has 1 heterocycles. The first-order valence-electron chi connectivity index (χ1n) is 6.88. The zero-order chi connectivity index (χ0) is 13.5. The molecule has 6 heteroatoms. The van der Waals surface area contributed by atoms with Gasteiger partial charge in [0.25, 0.3) is 0 Å². The molecule has 0 aliphatic heterocycles. The number of hydrogen-bond donors (Lipinski definition) is 3. The van der Waals surface area contributed by atoms with Crippen LogP contribution in [0.5, 0.6) is 0 Å². The zero-order valence-corrected chi connectivity index (χ0v) is 11.4. The fraction of sp³-hybridized carbons (Fsp3) is 0.692. The number of ether oxygens (including phenoxy) is 1. The van der Waals surface area contributed by atoms with E-state index in [-0.39, 0.29) is 6.61 Å². The van der Waals surface area contributed by atoms with E-state index in [1.54, 1.807) is 0 Å². The summed E-state index contributed by atoms with van der Waals surface area (Å²) in [4.78, 5) is 9.04. The second-order valence-electron chi connectivity index (χ2n) is 4.56. The van der Waals surface area contributed by atoms with Gasteiger partial charge in [-0.15, -0.1) is 0 Å². The van der Waals surface area contributed by atoms with Gasteiger partial charge in [-0.3, -0.25) is 0 Å². The fourth-order valence-corrected chi connectivity index (χ4v) is 1.77. The molecule has 6 nitrogen and oxygen atoms in total. The lowest BCUT2D eigenvalue weighted by Crippen LogP contribution is -2.13. The van der Waals surface area contributed by atoms with Gasteiger partial charge in [-0.05, 0) is 19.8 Å². The quantitative estimate of drug-likeness (QED) is 0.583. The Morgan fingerprint density at radius 3 is 2.63 bits per heavy atom. The highest BCUT2D eigenvalue weighted by Gasteiger charge is 2.27. The number of aliphatic hydroxyl groups excluding tert-OH is 1. The second kappa shape index (κ2) is 7.25. The third-order valence-corrected chi connectivity index (χ3v) is 2.83. The van der Waals surface area contributed by atoms with Crippen LogP contribution in [0.3, 0.4) is 0 Å². The Balaban J connectivity index is 1.90. The Labute approximate surface area is 113 Å². The van der Waals surface area contributed by atoms with E-state index in [1.165, 1.54) is 12.8 Å². The lowest BCUT2D eigenvalue weighted by Gasteiger charge is -2.10. The molecule has 1 aliphatic rings. The summed E-state index contributed by atoms with van der Waals surface area (Å²) in [5.41, 5.74) is 0. The van der Waals surface area contributed by atoms with Crippen molar-refractivity contribution < 1.29 is 9.84 Å². The zero-order valence-electron chi connectivity index (χ0n) is 11.4. The van der Waals surface area contributed by atoms with Gasteiger partial charge in [-0.2, -0.15) is 0 Å². The average Bonchev–Trinajstić information content (AvgIpc) is 3.23. The average molecular weight is 266 g/mol. The first-order chi connectivity index (χ1) is 9.33. The van der Waals surface area contributed by atoms with Gasteiger partial charge in [0.15, 0.2) is 0 Å². The molecular weight excluding hydrogens is 244 g/mol. The van der Waals surface area contributed by atoms with Crippen molar-refractivity contribution in [1.82, 2.24) is 9.97 Å². The van der Waals surface area contributed by atoms with Crippen molar-refractivity contribution >= 4 is 11.6 Å². The molecule has 0 unspecified atom stereocenters. The standard InChI is InChI=1S/C13H22N4O2/c1-2-14-11-9-12(15-5-7-19-8-6-18)17-13(16-11)10-3-4-10/h9-10,18H,2-8H2,1H3,(H2,14,15,16,17). The minimum absolute atomic E-state index is 0.0594. The Hall–Kier alpha value is -1.40. The summed E-state index contributed by atoms with van der Waals surface area (Å²) in [7, 11) is 0. The molecule has 19 heavy (non-hydrogen) atoms. The van der Waals surface area contributed by atoms with Crippen molar-refractivity contribution in [3.63, 3.8) is 0 Å². The summed E-state index contributed by atoms with van der Waals surface area (Å²) in [6, 6.07) is 1.92. The molecule has 1 aromatic heterocycles. The van der Waals surface area contributed by atoms with Crippen molar-refractivity contribution in [3.8, 4) is 0 Å². The molecule has 3 N–H and O–H groups in total. The van der Waals surface area contributed by atoms with Gasteiger partial charge < -0.3 is 20.5 Å². The van der Waals surface area contributed by atoms with E-state index in [2.05, 4.69) is 27.5 Å². The SMILES string of the molecule is CCNc1cc(NCCOCCO)nc(C2CC2)n1. The summed E-state index contributed by atoms with van der Waals surface area (Å²) in [6.07, 6.45) is 2.38. The van der Waals surface area contributed by atoms with Crippen LogP contribution in [-0.4, -0.2) is 48.0 Å². The van der Waals surface area contributed by atoms with Crippen molar-refractivity contribution in [2.24, 2.45) is 0 Å². The van der Waals surface area contributed by atoms with Crippen LogP contribution in [0.1, 0.15) is 31.5 Å². The molecule has 1 saturated carbocycles. The van der Waals surface area contributed by atoms with Crippen LogP contribution >= 0.6 is 0 Å². The predicted octanol–water partition coefficient (Wildman–Crippen LogP) is 1.21. The molecule has 1 aliphatic carbocycles. The molecule has 0 saturated heterocycles. The lowest BCUT2D eigenvalue weighted by atomic mass is 10.3. The number of aromatic nitrogens is 2. The topological polar surface area (TPSA) is 79.3 Å². The minimum Gasteiger partial charge on any atom is -0.394 e. The monoisotopic (exact) mass is 266 g/mol. The minimum atomic E-state index is 0.0594. The van der Waals surface area contributed by atoms with E-state index in [0.717, 1.165) is 24.0 Å². The number of aliphatic hydroxyl groups is 1. The van der Waals surface area contributed by atoms with Crippen molar-refractivity contribution in [2.75, 3.05) is 43.5 Å². The van der Waals surface area contributed by atoms with Crippen LogP contribution in [0.2, 0.25) is 0 Å². The molecule has 2 rings (SSSR count). The maximum atomic E-state index is 8.61. The highest BCUT2D eigenvalue weighted by atomic mass is 16.5. The lowest BCUT2D eigenvalue weighted by molar-refractivity contribution is 0.0992. The summed E-state index contributed by atoms with van der Waals surface area (Å²) >= 11 is 0. The molecule has 0 atom stereocenters. The van der Waals surface area contributed by atoms with E-state index < -0.39 is 0 Å². The Bertz CT molecular complexity index is 396. The molecule has 0 amide bonds. The van der Waals surface area contributed by atoms with Crippen LogP contribution in [0.15, 0.2) is 6.07 Å². The number of nitrogens with one attached hydrogen (secondary N) is 2. The van der Waals surface area contributed by atoms with E-state index in [1.807, 2.05) is 6.07 Å². The number of hydrogen-bond acceptors (Lipinski definition) is 6. The van der Waals surface area contributed by atoms with Gasteiger partial charge in [-0.25, -0.2) is 9.97 Å². The van der Waals surface area contributed by atoms with Gasteiger partial charge in [0.1, 0.15) is 17.5 Å². The summed E-state index contributed by atoms with van der Waals surface area (Å²) < 4.78 is 5.20. The molecule has 1 fully saturated rings. The van der Waals surface area contributed by atoms with E-state index in [4.69, 9.17) is 9.84 Å².